The molecule has 0 atom stereocenters. The van der Waals surface area contributed by atoms with Crippen LogP contribution in [0.5, 0.6) is 11.5 Å². The van der Waals surface area contributed by atoms with E-state index in [1.54, 1.807) is 30.5 Å². The van der Waals surface area contributed by atoms with Crippen LogP contribution in [0.4, 0.5) is 5.69 Å². The third-order valence-electron chi connectivity index (χ3n) is 3.47. The van der Waals surface area contributed by atoms with Gasteiger partial charge in [0.2, 0.25) is 0 Å². The predicted octanol–water partition coefficient (Wildman–Crippen LogP) is 4.63. The van der Waals surface area contributed by atoms with E-state index in [0.29, 0.717) is 38.7 Å². The molecule has 25 heavy (non-hydrogen) atoms. The Morgan fingerprint density at radius 2 is 2.04 bits per heavy atom. The lowest BCUT2D eigenvalue weighted by molar-refractivity contribution is 0.102. The fourth-order valence-corrected chi connectivity index (χ4v) is 3.36. The van der Waals surface area contributed by atoms with Gasteiger partial charge >= 0.3 is 0 Å². The number of thiazole rings is 1. The van der Waals surface area contributed by atoms with Crippen LogP contribution in [-0.4, -0.2) is 25.1 Å². The number of benzene rings is 1. The van der Waals surface area contributed by atoms with E-state index in [-0.39, 0.29) is 5.91 Å². The maximum absolute atomic E-state index is 12.6. The lowest BCUT2D eigenvalue weighted by Crippen LogP contribution is -2.14. The molecule has 0 aliphatic carbocycles. The number of hydrogen-bond donors (Lipinski definition) is 1. The molecule has 0 spiro atoms. The Bertz CT molecular complexity index is 906. The molecule has 130 valence electrons. The van der Waals surface area contributed by atoms with Gasteiger partial charge in [0, 0.05) is 17.0 Å². The molecule has 6 nitrogen and oxygen atoms in total. The highest BCUT2D eigenvalue weighted by atomic mass is 35.5. The Labute approximate surface area is 153 Å². The van der Waals surface area contributed by atoms with E-state index in [2.05, 4.69) is 10.3 Å². The van der Waals surface area contributed by atoms with Gasteiger partial charge in [-0.15, -0.1) is 11.3 Å². The van der Waals surface area contributed by atoms with Crippen LogP contribution in [-0.2, 0) is 0 Å². The van der Waals surface area contributed by atoms with E-state index in [1.807, 2.05) is 6.92 Å². The van der Waals surface area contributed by atoms with Crippen LogP contribution >= 0.6 is 22.9 Å². The molecular weight excluding hydrogens is 364 g/mol. The summed E-state index contributed by atoms with van der Waals surface area (Å²) in [6, 6.07) is 6.76. The highest BCUT2D eigenvalue weighted by Crippen LogP contribution is 2.36. The number of carbonyl (C=O) groups excluding carboxylic acids is 1. The van der Waals surface area contributed by atoms with Gasteiger partial charge < -0.3 is 19.2 Å². The zero-order valence-electron chi connectivity index (χ0n) is 13.8. The zero-order chi connectivity index (χ0) is 18.0. The Hall–Kier alpha value is -2.51. The van der Waals surface area contributed by atoms with Crippen molar-refractivity contribution >= 4 is 34.5 Å². The van der Waals surface area contributed by atoms with Crippen LogP contribution in [0, 0.1) is 6.92 Å². The van der Waals surface area contributed by atoms with Gasteiger partial charge in [-0.05, 0) is 19.1 Å². The number of nitrogens with one attached hydrogen (secondary N) is 1. The van der Waals surface area contributed by atoms with Crippen LogP contribution in [0.1, 0.15) is 15.4 Å². The van der Waals surface area contributed by atoms with Gasteiger partial charge in [0.25, 0.3) is 5.91 Å². The maximum Gasteiger partial charge on any atom is 0.275 e. The second kappa shape index (κ2) is 7.16. The van der Waals surface area contributed by atoms with E-state index in [0.717, 1.165) is 4.88 Å². The van der Waals surface area contributed by atoms with Gasteiger partial charge in [0.1, 0.15) is 17.2 Å². The first-order valence-electron chi connectivity index (χ1n) is 7.27. The number of nitrogens with zero attached hydrogens (tertiary/aromatic N) is 1. The van der Waals surface area contributed by atoms with Crippen molar-refractivity contribution in [1.82, 2.24) is 4.98 Å². The minimum absolute atomic E-state index is 0.326. The van der Waals surface area contributed by atoms with Crippen molar-refractivity contribution in [3.05, 3.63) is 46.1 Å². The number of hydrogen-bond acceptors (Lipinski definition) is 6. The van der Waals surface area contributed by atoms with Crippen molar-refractivity contribution in [2.45, 2.75) is 6.92 Å². The minimum atomic E-state index is -0.353. The van der Waals surface area contributed by atoms with E-state index in [1.165, 1.54) is 25.6 Å². The van der Waals surface area contributed by atoms with Crippen LogP contribution in [0.2, 0.25) is 5.02 Å². The van der Waals surface area contributed by atoms with Crippen molar-refractivity contribution in [3.8, 4) is 22.3 Å². The quantitative estimate of drug-likeness (QED) is 0.700. The molecule has 3 aromatic rings. The van der Waals surface area contributed by atoms with Crippen molar-refractivity contribution in [2.24, 2.45) is 0 Å². The standard InChI is InChI=1S/C17H15ClN2O4S/c1-9-15(20-17(25-9)12-5-4-6-24-12)16(21)19-11-8-13(22-2)10(18)7-14(11)23-3/h4-8H,1-3H3,(H,19,21). The topological polar surface area (TPSA) is 73.6 Å². The van der Waals surface area contributed by atoms with Gasteiger partial charge in [0.05, 0.1) is 31.2 Å². The Morgan fingerprint density at radius 3 is 2.68 bits per heavy atom. The first kappa shape index (κ1) is 17.3. The summed E-state index contributed by atoms with van der Waals surface area (Å²) in [6.45, 7) is 1.83. The summed E-state index contributed by atoms with van der Waals surface area (Å²) >= 11 is 7.47. The number of rotatable bonds is 5. The molecule has 0 aliphatic heterocycles. The largest absolute Gasteiger partial charge is 0.495 e. The highest BCUT2D eigenvalue weighted by Gasteiger charge is 2.20. The number of amides is 1. The molecule has 2 heterocycles. The van der Waals surface area contributed by atoms with Crippen LogP contribution < -0.4 is 14.8 Å². The van der Waals surface area contributed by atoms with Crippen LogP contribution in [0.15, 0.2) is 34.9 Å². The van der Waals surface area contributed by atoms with E-state index in [4.69, 9.17) is 25.5 Å². The molecule has 1 aromatic carbocycles. The fraction of sp³-hybridized carbons (Fsp3) is 0.176. The summed E-state index contributed by atoms with van der Waals surface area (Å²) < 4.78 is 15.8. The summed E-state index contributed by atoms with van der Waals surface area (Å²) in [6.07, 6.45) is 1.57. The number of carbonyl (C=O) groups is 1. The van der Waals surface area contributed by atoms with Gasteiger partial charge in [-0.1, -0.05) is 11.6 Å². The smallest absolute Gasteiger partial charge is 0.275 e. The second-order valence-electron chi connectivity index (χ2n) is 5.04. The van der Waals surface area contributed by atoms with Gasteiger partial charge in [-0.3, -0.25) is 4.79 Å². The van der Waals surface area contributed by atoms with Crippen LogP contribution in [0.3, 0.4) is 0 Å². The molecule has 1 N–H and O–H groups in total. The highest BCUT2D eigenvalue weighted by molar-refractivity contribution is 7.15. The Morgan fingerprint density at radius 1 is 1.28 bits per heavy atom. The Kier molecular flexibility index (Phi) is 4.96. The van der Waals surface area contributed by atoms with E-state index < -0.39 is 0 Å². The van der Waals surface area contributed by atoms with Gasteiger partial charge in [-0.2, -0.15) is 0 Å². The number of aromatic nitrogens is 1. The third-order valence-corrected chi connectivity index (χ3v) is 4.75. The molecule has 0 radical (unpaired) electrons. The summed E-state index contributed by atoms with van der Waals surface area (Å²) in [5.74, 6) is 1.13. The first-order chi connectivity index (χ1) is 12.0. The van der Waals surface area contributed by atoms with E-state index in [9.17, 15) is 4.79 Å². The third kappa shape index (κ3) is 3.47. The summed E-state index contributed by atoms with van der Waals surface area (Å²) in [5.41, 5.74) is 0.771. The van der Waals surface area contributed by atoms with Crippen molar-refractivity contribution in [3.63, 3.8) is 0 Å². The summed E-state index contributed by atoms with van der Waals surface area (Å²) in [5, 5.41) is 3.83. The lowest BCUT2D eigenvalue weighted by atomic mass is 10.2. The SMILES string of the molecule is COc1cc(NC(=O)c2nc(-c3ccco3)sc2C)c(OC)cc1Cl. The molecule has 0 saturated heterocycles. The molecule has 0 fully saturated rings. The summed E-state index contributed by atoms with van der Waals surface area (Å²) in [4.78, 5) is 17.8. The van der Waals surface area contributed by atoms with Crippen molar-refractivity contribution in [2.75, 3.05) is 19.5 Å². The molecule has 0 aliphatic rings. The normalized spacial score (nSPS) is 10.6. The molecule has 8 heteroatoms. The molecular formula is C17H15ClN2O4S. The van der Waals surface area contributed by atoms with E-state index >= 15 is 0 Å². The average Bonchev–Trinajstić information content (AvgIpc) is 3.25. The molecule has 1 amide bonds. The minimum Gasteiger partial charge on any atom is -0.495 e. The first-order valence-corrected chi connectivity index (χ1v) is 8.47. The van der Waals surface area contributed by atoms with Gasteiger partial charge in [-0.25, -0.2) is 4.98 Å². The Balaban J connectivity index is 1.90. The number of ether oxygens (including phenoxy) is 2. The van der Waals surface area contributed by atoms with Crippen LogP contribution in [0.25, 0.3) is 10.8 Å². The predicted molar refractivity (Wildman–Crippen MR) is 97.1 cm³/mol. The average molecular weight is 379 g/mol. The summed E-state index contributed by atoms with van der Waals surface area (Å²) in [7, 11) is 3.00. The second-order valence-corrected chi connectivity index (χ2v) is 6.65. The molecule has 0 saturated carbocycles. The lowest BCUT2D eigenvalue weighted by Gasteiger charge is -2.12. The van der Waals surface area contributed by atoms with Gasteiger partial charge in [0.15, 0.2) is 10.8 Å². The number of aryl methyl sites for hydroxylation is 1. The molecule has 0 bridgehead atoms. The maximum atomic E-state index is 12.6. The number of halogens is 1. The number of methoxy groups -OCH3 is 2. The zero-order valence-corrected chi connectivity index (χ0v) is 15.3. The number of furan rings is 1. The molecule has 2 aromatic heterocycles. The number of anilines is 1. The van der Waals surface area contributed by atoms with Crippen molar-refractivity contribution < 1.29 is 18.7 Å². The van der Waals surface area contributed by atoms with Crippen molar-refractivity contribution in [1.29, 1.82) is 0 Å². The molecule has 0 unspecified atom stereocenters. The monoisotopic (exact) mass is 378 g/mol. The fourth-order valence-electron chi connectivity index (χ4n) is 2.25. The molecule has 3 rings (SSSR count).